The van der Waals surface area contributed by atoms with Gasteiger partial charge in [0.25, 0.3) is 5.91 Å². The minimum atomic E-state index is -0.646. The van der Waals surface area contributed by atoms with Gasteiger partial charge in [0.1, 0.15) is 0 Å². The first-order valence-electron chi connectivity index (χ1n) is 9.95. The lowest BCUT2D eigenvalue weighted by molar-refractivity contribution is 0.0821. The Labute approximate surface area is 174 Å². The highest BCUT2D eigenvalue weighted by Crippen LogP contribution is 2.39. The van der Waals surface area contributed by atoms with Crippen molar-refractivity contribution in [2.75, 3.05) is 6.54 Å². The zero-order valence-electron chi connectivity index (χ0n) is 16.4. The predicted octanol–water partition coefficient (Wildman–Crippen LogP) is 3.73. The quantitative estimate of drug-likeness (QED) is 0.567. The summed E-state index contributed by atoms with van der Waals surface area (Å²) in [5, 5.41) is 17.4. The van der Waals surface area contributed by atoms with E-state index >= 15 is 0 Å². The Morgan fingerprint density at radius 3 is 2.25 bits per heavy atom. The van der Waals surface area contributed by atoms with Crippen LogP contribution in [0.15, 0.2) is 60.7 Å². The number of aliphatic hydroxyl groups is 1. The molecule has 0 spiro atoms. The van der Waals surface area contributed by atoms with Crippen LogP contribution in [-0.2, 0) is 6.42 Å². The average Bonchev–Trinajstić information content (AvgIpc) is 3.47. The summed E-state index contributed by atoms with van der Waals surface area (Å²) in [4.78, 5) is 12.6. The Bertz CT molecular complexity index is 720. The highest BCUT2D eigenvalue weighted by atomic mass is 35.5. The number of β-amino-alcohol motifs (C(OH)–C–C–N with tert-alkyl or cyclic N) is 1. The van der Waals surface area contributed by atoms with E-state index in [2.05, 4.69) is 17.6 Å². The molecule has 0 saturated heterocycles. The number of halogens is 1. The van der Waals surface area contributed by atoms with Crippen LogP contribution in [0.4, 0.5) is 0 Å². The van der Waals surface area contributed by atoms with Gasteiger partial charge in [0.15, 0.2) is 0 Å². The molecule has 1 amide bonds. The molecule has 1 fully saturated rings. The Kier molecular flexibility index (Phi) is 8.49. The van der Waals surface area contributed by atoms with E-state index in [9.17, 15) is 9.90 Å². The molecule has 1 saturated carbocycles. The third-order valence-electron chi connectivity index (χ3n) is 5.38. The second kappa shape index (κ2) is 10.6. The number of aliphatic hydroxyl groups excluding tert-OH is 1. The maximum atomic E-state index is 12.6. The van der Waals surface area contributed by atoms with Crippen LogP contribution in [0.1, 0.15) is 48.5 Å². The summed E-state index contributed by atoms with van der Waals surface area (Å²) in [6.45, 7) is 2.68. The summed E-state index contributed by atoms with van der Waals surface area (Å²) in [6, 6.07) is 18.8. The van der Waals surface area contributed by atoms with Crippen LogP contribution in [0, 0.1) is 0 Å². The molecule has 2 aromatic carbocycles. The summed E-state index contributed by atoms with van der Waals surface area (Å²) in [7, 11) is 0. The lowest BCUT2D eigenvalue weighted by Gasteiger charge is -2.27. The normalized spacial score (nSPS) is 16.5. The van der Waals surface area contributed by atoms with Gasteiger partial charge in [-0.05, 0) is 43.4 Å². The van der Waals surface area contributed by atoms with Gasteiger partial charge in [-0.1, -0.05) is 61.9 Å². The molecule has 3 N–H and O–H groups in total. The fraction of sp³-hybridized carbons (Fsp3) is 0.435. The number of hydrogen-bond donors (Lipinski definition) is 3. The molecule has 0 bridgehead atoms. The largest absolute Gasteiger partial charge is 0.390 e. The first-order valence-corrected chi connectivity index (χ1v) is 9.95. The molecule has 0 heterocycles. The second-order valence-electron chi connectivity index (χ2n) is 7.61. The smallest absolute Gasteiger partial charge is 0.251 e. The van der Waals surface area contributed by atoms with E-state index in [1.54, 1.807) is 12.1 Å². The van der Waals surface area contributed by atoms with Crippen LogP contribution < -0.4 is 10.6 Å². The molecule has 152 valence electrons. The fourth-order valence-corrected chi connectivity index (χ4v) is 3.60. The SMILES string of the molecule is CCCC1(NC[C@H](O)[C@H](Cc2ccccc2)NC(=O)c2ccccc2)CC1.Cl. The lowest BCUT2D eigenvalue weighted by atomic mass is 10.00. The standard InChI is InChI=1S/C23H30N2O2.ClH/c1-2-13-23(14-15-23)24-17-21(26)20(16-18-9-5-3-6-10-18)25-22(27)19-11-7-4-8-12-19;/h3-12,20-21,24,26H,2,13-17H2,1H3,(H,25,27);1H/t20-,21-;/m0./s1. The molecule has 1 aliphatic rings. The van der Waals surface area contributed by atoms with E-state index in [1.807, 2.05) is 48.5 Å². The number of benzene rings is 2. The number of carbonyl (C=O) groups excluding carboxylic acids is 1. The average molecular weight is 403 g/mol. The summed E-state index contributed by atoms with van der Waals surface area (Å²) in [6.07, 6.45) is 4.58. The van der Waals surface area contributed by atoms with E-state index in [1.165, 1.54) is 12.8 Å². The minimum absolute atomic E-state index is 0. The number of nitrogens with one attached hydrogen (secondary N) is 2. The molecule has 2 atom stereocenters. The van der Waals surface area contributed by atoms with Gasteiger partial charge in [0.2, 0.25) is 0 Å². The van der Waals surface area contributed by atoms with Gasteiger partial charge in [-0.3, -0.25) is 4.79 Å². The van der Waals surface area contributed by atoms with Crippen molar-refractivity contribution in [1.29, 1.82) is 0 Å². The summed E-state index contributed by atoms with van der Waals surface area (Å²) >= 11 is 0. The Morgan fingerprint density at radius 1 is 1.07 bits per heavy atom. The van der Waals surface area contributed by atoms with Gasteiger partial charge >= 0.3 is 0 Å². The van der Waals surface area contributed by atoms with Gasteiger partial charge in [-0.15, -0.1) is 12.4 Å². The van der Waals surface area contributed by atoms with Crippen molar-refractivity contribution in [2.24, 2.45) is 0 Å². The molecular formula is C23H31ClN2O2. The fourth-order valence-electron chi connectivity index (χ4n) is 3.60. The minimum Gasteiger partial charge on any atom is -0.390 e. The van der Waals surface area contributed by atoms with Crippen LogP contribution in [0.2, 0.25) is 0 Å². The zero-order chi connectivity index (χ0) is 19.1. The third-order valence-corrected chi connectivity index (χ3v) is 5.38. The van der Waals surface area contributed by atoms with Crippen molar-refractivity contribution < 1.29 is 9.90 Å². The van der Waals surface area contributed by atoms with E-state index in [4.69, 9.17) is 0 Å². The number of hydrogen-bond acceptors (Lipinski definition) is 3. The van der Waals surface area contributed by atoms with E-state index in [0.717, 1.165) is 18.4 Å². The molecule has 0 radical (unpaired) electrons. The molecule has 0 aromatic heterocycles. The van der Waals surface area contributed by atoms with Gasteiger partial charge in [-0.2, -0.15) is 0 Å². The van der Waals surface area contributed by atoms with Crippen molar-refractivity contribution in [2.45, 2.75) is 56.7 Å². The molecule has 2 aromatic rings. The number of amides is 1. The maximum absolute atomic E-state index is 12.6. The van der Waals surface area contributed by atoms with Gasteiger partial charge in [0, 0.05) is 17.6 Å². The van der Waals surface area contributed by atoms with Crippen LogP contribution in [0.3, 0.4) is 0 Å². The summed E-state index contributed by atoms with van der Waals surface area (Å²) in [5.41, 5.74) is 1.92. The molecule has 28 heavy (non-hydrogen) atoms. The Balaban J connectivity index is 0.00000280. The topological polar surface area (TPSA) is 61.4 Å². The highest BCUT2D eigenvalue weighted by molar-refractivity contribution is 5.94. The molecule has 5 heteroatoms. The van der Waals surface area contributed by atoms with Crippen molar-refractivity contribution in [1.82, 2.24) is 10.6 Å². The van der Waals surface area contributed by atoms with Crippen LogP contribution >= 0.6 is 12.4 Å². The van der Waals surface area contributed by atoms with Crippen molar-refractivity contribution in [3.05, 3.63) is 71.8 Å². The highest BCUT2D eigenvalue weighted by Gasteiger charge is 2.41. The molecular weight excluding hydrogens is 372 g/mol. The van der Waals surface area contributed by atoms with Crippen molar-refractivity contribution in [3.63, 3.8) is 0 Å². The second-order valence-corrected chi connectivity index (χ2v) is 7.61. The van der Waals surface area contributed by atoms with Gasteiger partial charge in [0.05, 0.1) is 12.1 Å². The molecule has 4 nitrogen and oxygen atoms in total. The first-order chi connectivity index (χ1) is 13.1. The zero-order valence-corrected chi connectivity index (χ0v) is 17.3. The molecule has 1 aliphatic carbocycles. The molecule has 0 unspecified atom stereocenters. The van der Waals surface area contributed by atoms with Crippen molar-refractivity contribution >= 4 is 18.3 Å². The van der Waals surface area contributed by atoms with Crippen LogP contribution in [0.5, 0.6) is 0 Å². The van der Waals surface area contributed by atoms with E-state index in [-0.39, 0.29) is 29.9 Å². The first kappa shape index (κ1) is 22.4. The molecule has 3 rings (SSSR count). The van der Waals surface area contributed by atoms with Crippen molar-refractivity contribution in [3.8, 4) is 0 Å². The maximum Gasteiger partial charge on any atom is 0.251 e. The summed E-state index contributed by atoms with van der Waals surface area (Å²) in [5.74, 6) is -0.148. The third kappa shape index (κ3) is 6.33. The number of rotatable bonds is 10. The van der Waals surface area contributed by atoms with Gasteiger partial charge < -0.3 is 15.7 Å². The molecule has 0 aliphatic heterocycles. The Morgan fingerprint density at radius 2 is 1.68 bits per heavy atom. The predicted molar refractivity (Wildman–Crippen MR) is 116 cm³/mol. The van der Waals surface area contributed by atoms with Crippen LogP contribution in [0.25, 0.3) is 0 Å². The monoisotopic (exact) mass is 402 g/mol. The number of carbonyl (C=O) groups is 1. The lowest BCUT2D eigenvalue weighted by Crippen LogP contribution is -2.50. The van der Waals surface area contributed by atoms with E-state index in [0.29, 0.717) is 18.5 Å². The Hall–Kier alpha value is -1.88. The van der Waals surface area contributed by atoms with Crippen LogP contribution in [-0.4, -0.2) is 35.2 Å². The van der Waals surface area contributed by atoms with Gasteiger partial charge in [-0.25, -0.2) is 0 Å². The summed E-state index contributed by atoms with van der Waals surface area (Å²) < 4.78 is 0. The van der Waals surface area contributed by atoms with E-state index < -0.39 is 6.10 Å².